The number of sulfonamides is 2. The van der Waals surface area contributed by atoms with Crippen LogP contribution < -0.4 is 15.6 Å². The third kappa shape index (κ3) is 3.48. The van der Waals surface area contributed by atoms with Crippen LogP contribution in [0, 0.1) is 0 Å². The molecule has 0 aliphatic rings. The fourth-order valence-electron chi connectivity index (χ4n) is 1.56. The number of hydrogen-bond acceptors (Lipinski definition) is 6. The number of pyridine rings is 1. The Morgan fingerprint density at radius 1 is 1.10 bits per heavy atom. The molecule has 0 aliphatic carbocycles. The van der Waals surface area contributed by atoms with E-state index in [1.165, 1.54) is 30.5 Å². The quantitative estimate of drug-likeness (QED) is 0.726. The fourth-order valence-corrected chi connectivity index (χ4v) is 3.25. The van der Waals surface area contributed by atoms with Crippen molar-refractivity contribution in [3.05, 3.63) is 42.7 Å². The van der Waals surface area contributed by atoms with Gasteiger partial charge in [0, 0.05) is 12.4 Å². The van der Waals surface area contributed by atoms with Crippen LogP contribution >= 0.6 is 0 Å². The van der Waals surface area contributed by atoms with Gasteiger partial charge >= 0.3 is 0 Å². The first-order valence-corrected chi connectivity index (χ1v) is 8.58. The summed E-state index contributed by atoms with van der Waals surface area (Å²) in [4.78, 5) is 3.29. The van der Waals surface area contributed by atoms with Crippen molar-refractivity contribution in [1.29, 1.82) is 0 Å². The summed E-state index contributed by atoms with van der Waals surface area (Å²) >= 11 is 0. The minimum absolute atomic E-state index is 0.0279. The first kappa shape index (κ1) is 15.2. The van der Waals surface area contributed by atoms with E-state index in [0.29, 0.717) is 0 Å². The standard InChI is InChI=1S/C11H12N4O4S2/c12-10-4-5-14-7-11(10)21(18,19)15-8-2-1-3-9(6-8)20(13,16)17/h1-7,15H,(H2,12,14)(H2,13,16,17). The Hall–Kier alpha value is -2.17. The summed E-state index contributed by atoms with van der Waals surface area (Å²) in [5, 5.41) is 4.99. The molecule has 0 spiro atoms. The van der Waals surface area contributed by atoms with Gasteiger partial charge in [0.2, 0.25) is 10.0 Å². The van der Waals surface area contributed by atoms with Gasteiger partial charge in [0.1, 0.15) is 4.90 Å². The van der Waals surface area contributed by atoms with E-state index in [0.717, 1.165) is 12.3 Å². The van der Waals surface area contributed by atoms with Gasteiger partial charge in [0.15, 0.2) is 0 Å². The van der Waals surface area contributed by atoms with Gasteiger partial charge in [-0.25, -0.2) is 22.0 Å². The Balaban J connectivity index is 2.41. The van der Waals surface area contributed by atoms with Crippen LogP contribution in [0.5, 0.6) is 0 Å². The van der Waals surface area contributed by atoms with Crippen LogP contribution in [-0.4, -0.2) is 21.8 Å². The molecule has 8 nitrogen and oxygen atoms in total. The van der Waals surface area contributed by atoms with Crippen molar-refractivity contribution in [2.75, 3.05) is 10.5 Å². The largest absolute Gasteiger partial charge is 0.398 e. The number of hydrogen-bond donors (Lipinski definition) is 3. The average molecular weight is 328 g/mol. The Bertz CT molecular complexity index is 879. The van der Waals surface area contributed by atoms with E-state index in [1.54, 1.807) is 0 Å². The lowest BCUT2D eigenvalue weighted by Crippen LogP contribution is -2.16. The molecule has 1 aromatic carbocycles. The number of anilines is 2. The third-order valence-corrected chi connectivity index (χ3v) is 4.86. The molecule has 0 saturated carbocycles. The SMILES string of the molecule is Nc1ccncc1S(=O)(=O)Nc1cccc(S(N)(=O)=O)c1. The summed E-state index contributed by atoms with van der Waals surface area (Å²) in [6.45, 7) is 0. The highest BCUT2D eigenvalue weighted by Gasteiger charge is 2.18. The van der Waals surface area contributed by atoms with E-state index in [1.807, 2.05) is 0 Å². The molecule has 1 aromatic heterocycles. The van der Waals surface area contributed by atoms with Crippen LogP contribution in [0.2, 0.25) is 0 Å². The summed E-state index contributed by atoms with van der Waals surface area (Å²) < 4.78 is 49.1. The molecule has 2 aromatic rings. The Labute approximate surface area is 121 Å². The molecule has 5 N–H and O–H groups in total. The van der Waals surface area contributed by atoms with E-state index >= 15 is 0 Å². The van der Waals surface area contributed by atoms with E-state index in [4.69, 9.17) is 10.9 Å². The second-order valence-corrected chi connectivity index (χ2v) is 7.30. The number of nitrogen functional groups attached to an aromatic ring is 1. The molecular weight excluding hydrogens is 316 g/mol. The maximum Gasteiger partial charge on any atom is 0.265 e. The van der Waals surface area contributed by atoms with Crippen molar-refractivity contribution in [1.82, 2.24) is 4.98 Å². The fraction of sp³-hybridized carbons (Fsp3) is 0. The zero-order chi connectivity index (χ0) is 15.7. The van der Waals surface area contributed by atoms with Gasteiger partial charge in [-0.05, 0) is 24.3 Å². The monoisotopic (exact) mass is 328 g/mol. The Kier molecular flexibility index (Phi) is 3.85. The maximum atomic E-state index is 12.2. The lowest BCUT2D eigenvalue weighted by Gasteiger charge is -2.10. The lowest BCUT2D eigenvalue weighted by molar-refractivity contribution is 0.596. The van der Waals surface area contributed by atoms with Crippen LogP contribution in [0.15, 0.2) is 52.5 Å². The molecule has 0 unspecified atom stereocenters. The molecule has 0 radical (unpaired) electrons. The van der Waals surface area contributed by atoms with Gasteiger partial charge in [-0.15, -0.1) is 0 Å². The number of nitrogens with two attached hydrogens (primary N) is 2. The highest BCUT2D eigenvalue weighted by molar-refractivity contribution is 7.93. The Morgan fingerprint density at radius 2 is 1.81 bits per heavy atom. The maximum absolute atomic E-state index is 12.2. The summed E-state index contributed by atoms with van der Waals surface area (Å²) in [6.07, 6.45) is 2.46. The molecule has 112 valence electrons. The molecule has 21 heavy (non-hydrogen) atoms. The van der Waals surface area contributed by atoms with Crippen molar-refractivity contribution in [2.45, 2.75) is 9.79 Å². The van der Waals surface area contributed by atoms with Crippen molar-refractivity contribution in [2.24, 2.45) is 5.14 Å². The topological polar surface area (TPSA) is 145 Å². The normalized spacial score (nSPS) is 12.0. The number of primary sulfonamides is 1. The van der Waals surface area contributed by atoms with Crippen LogP contribution in [0.4, 0.5) is 11.4 Å². The first-order chi connectivity index (χ1) is 9.70. The molecular formula is C11H12N4O4S2. The summed E-state index contributed by atoms with van der Waals surface area (Å²) in [5.74, 6) is 0. The molecule has 0 amide bonds. The Morgan fingerprint density at radius 3 is 2.43 bits per heavy atom. The van der Waals surface area contributed by atoms with Crippen LogP contribution in [-0.2, 0) is 20.0 Å². The second kappa shape index (κ2) is 5.31. The van der Waals surface area contributed by atoms with Gasteiger partial charge in [-0.2, -0.15) is 0 Å². The van der Waals surface area contributed by atoms with Gasteiger partial charge in [0.25, 0.3) is 10.0 Å². The van der Waals surface area contributed by atoms with Crippen molar-refractivity contribution >= 4 is 31.4 Å². The molecule has 2 rings (SSSR count). The molecule has 0 bridgehead atoms. The number of nitrogens with one attached hydrogen (secondary N) is 1. The van der Waals surface area contributed by atoms with E-state index < -0.39 is 20.0 Å². The van der Waals surface area contributed by atoms with Gasteiger partial charge in [0.05, 0.1) is 16.3 Å². The summed E-state index contributed by atoms with van der Waals surface area (Å²) in [6, 6.07) is 6.46. The number of aromatic nitrogens is 1. The highest BCUT2D eigenvalue weighted by atomic mass is 32.2. The average Bonchev–Trinajstić information content (AvgIpc) is 2.37. The predicted molar refractivity (Wildman–Crippen MR) is 77.3 cm³/mol. The zero-order valence-corrected chi connectivity index (χ0v) is 12.2. The van der Waals surface area contributed by atoms with Crippen molar-refractivity contribution < 1.29 is 16.8 Å². The molecule has 0 saturated heterocycles. The van der Waals surface area contributed by atoms with Crippen molar-refractivity contribution in [3.8, 4) is 0 Å². The second-order valence-electron chi connectivity index (χ2n) is 4.09. The lowest BCUT2D eigenvalue weighted by atomic mass is 10.3. The zero-order valence-electron chi connectivity index (χ0n) is 10.6. The molecule has 0 fully saturated rings. The van der Waals surface area contributed by atoms with Gasteiger partial charge in [-0.1, -0.05) is 6.07 Å². The predicted octanol–water partition coefficient (Wildman–Crippen LogP) is 0.112. The number of benzene rings is 1. The number of rotatable bonds is 4. The minimum atomic E-state index is -3.98. The molecule has 1 heterocycles. The smallest absolute Gasteiger partial charge is 0.265 e. The van der Waals surface area contributed by atoms with Crippen molar-refractivity contribution in [3.63, 3.8) is 0 Å². The van der Waals surface area contributed by atoms with Crippen LogP contribution in [0.3, 0.4) is 0 Å². The number of nitrogens with zero attached hydrogens (tertiary/aromatic N) is 1. The van der Waals surface area contributed by atoms with Crippen LogP contribution in [0.1, 0.15) is 0 Å². The van der Waals surface area contributed by atoms with Gasteiger partial charge in [-0.3, -0.25) is 9.71 Å². The molecule has 0 aliphatic heterocycles. The first-order valence-electron chi connectivity index (χ1n) is 5.55. The van der Waals surface area contributed by atoms with Gasteiger partial charge < -0.3 is 5.73 Å². The third-order valence-electron chi connectivity index (χ3n) is 2.52. The highest BCUT2D eigenvalue weighted by Crippen LogP contribution is 2.21. The summed E-state index contributed by atoms with van der Waals surface area (Å²) in [7, 11) is -7.90. The van der Waals surface area contributed by atoms with E-state index in [9.17, 15) is 16.8 Å². The summed E-state index contributed by atoms with van der Waals surface area (Å²) in [5.41, 5.74) is 5.66. The van der Waals surface area contributed by atoms with Crippen LogP contribution in [0.25, 0.3) is 0 Å². The molecule has 0 atom stereocenters. The van der Waals surface area contributed by atoms with E-state index in [2.05, 4.69) is 9.71 Å². The molecule has 10 heteroatoms. The van der Waals surface area contributed by atoms with E-state index in [-0.39, 0.29) is 21.2 Å². The minimum Gasteiger partial charge on any atom is -0.398 e.